The van der Waals surface area contributed by atoms with E-state index in [1.165, 1.54) is 43.5 Å². The molecule has 21 heavy (non-hydrogen) atoms. The van der Waals surface area contributed by atoms with Crippen molar-refractivity contribution in [3.8, 4) is 5.75 Å². The van der Waals surface area contributed by atoms with E-state index >= 15 is 0 Å². The van der Waals surface area contributed by atoms with Crippen LogP contribution in [0, 0.1) is 5.82 Å². The van der Waals surface area contributed by atoms with Gasteiger partial charge in [0.2, 0.25) is 0 Å². The van der Waals surface area contributed by atoms with Crippen molar-refractivity contribution in [3.05, 3.63) is 53.8 Å². The Morgan fingerprint density at radius 1 is 1.24 bits per heavy atom. The third-order valence-corrected chi connectivity index (χ3v) is 4.24. The van der Waals surface area contributed by atoms with Gasteiger partial charge in [-0.15, -0.1) is 0 Å². The van der Waals surface area contributed by atoms with Crippen LogP contribution in [-0.4, -0.2) is 15.5 Å². The van der Waals surface area contributed by atoms with Crippen LogP contribution in [0.4, 0.5) is 10.1 Å². The molecule has 0 amide bonds. The van der Waals surface area contributed by atoms with Crippen LogP contribution in [0.25, 0.3) is 0 Å². The maximum absolute atomic E-state index is 13.1. The fourth-order valence-corrected chi connectivity index (χ4v) is 2.95. The minimum atomic E-state index is -3.82. The van der Waals surface area contributed by atoms with E-state index in [1.54, 1.807) is 0 Å². The van der Waals surface area contributed by atoms with Crippen molar-refractivity contribution in [1.29, 1.82) is 0 Å². The Morgan fingerprint density at radius 3 is 2.62 bits per heavy atom. The molecule has 2 aromatic carbocycles. The molecule has 0 spiro atoms. The molecule has 0 radical (unpaired) electrons. The molecular weight excluding hydrogens is 295 g/mol. The predicted molar refractivity (Wildman–Crippen MR) is 78.1 cm³/mol. The summed E-state index contributed by atoms with van der Waals surface area (Å²) in [6.45, 7) is 0.145. The lowest BCUT2D eigenvalue weighted by atomic mass is 10.2. The molecule has 5 nitrogen and oxygen atoms in total. The standard InChI is InChI=1S/C14H15FN2O3S/c1-20-14-6-5-13(7-10(14)9-16)21(18,19)17-12-4-2-3-11(15)8-12/h2-8,17H,9,16H2,1H3. The van der Waals surface area contributed by atoms with Gasteiger partial charge in [-0.1, -0.05) is 6.07 Å². The normalized spacial score (nSPS) is 11.2. The summed E-state index contributed by atoms with van der Waals surface area (Å²) in [5.74, 6) is -0.00483. The van der Waals surface area contributed by atoms with Gasteiger partial charge in [0.25, 0.3) is 10.0 Å². The highest BCUT2D eigenvalue weighted by atomic mass is 32.2. The first-order valence-corrected chi connectivity index (χ1v) is 7.60. The van der Waals surface area contributed by atoms with Crippen molar-refractivity contribution in [3.63, 3.8) is 0 Å². The van der Waals surface area contributed by atoms with Gasteiger partial charge in [0.15, 0.2) is 0 Å². The minimum absolute atomic E-state index is 0.0352. The monoisotopic (exact) mass is 310 g/mol. The van der Waals surface area contributed by atoms with E-state index in [2.05, 4.69) is 4.72 Å². The Hall–Kier alpha value is -2.12. The quantitative estimate of drug-likeness (QED) is 0.886. The highest BCUT2D eigenvalue weighted by molar-refractivity contribution is 7.92. The predicted octanol–water partition coefficient (Wildman–Crippen LogP) is 2.09. The molecule has 0 saturated carbocycles. The molecule has 2 rings (SSSR count). The minimum Gasteiger partial charge on any atom is -0.496 e. The van der Waals surface area contributed by atoms with Crippen LogP contribution < -0.4 is 15.2 Å². The average molecular weight is 310 g/mol. The molecule has 0 saturated heterocycles. The van der Waals surface area contributed by atoms with Gasteiger partial charge in [-0.3, -0.25) is 4.72 Å². The summed E-state index contributed by atoms with van der Waals surface area (Å²) in [4.78, 5) is 0.0352. The van der Waals surface area contributed by atoms with Crippen LogP contribution in [0.15, 0.2) is 47.4 Å². The zero-order valence-electron chi connectivity index (χ0n) is 11.3. The van der Waals surface area contributed by atoms with Crippen LogP contribution in [0.1, 0.15) is 5.56 Å². The van der Waals surface area contributed by atoms with Gasteiger partial charge >= 0.3 is 0 Å². The number of nitrogens with two attached hydrogens (primary N) is 1. The fourth-order valence-electron chi connectivity index (χ4n) is 1.85. The summed E-state index contributed by atoms with van der Waals surface area (Å²) in [7, 11) is -2.34. The first kappa shape index (κ1) is 15.3. The van der Waals surface area contributed by atoms with E-state index in [1.807, 2.05) is 0 Å². The van der Waals surface area contributed by atoms with E-state index in [0.717, 1.165) is 6.07 Å². The molecule has 0 heterocycles. The van der Waals surface area contributed by atoms with Crippen molar-refractivity contribution in [2.75, 3.05) is 11.8 Å². The zero-order valence-corrected chi connectivity index (χ0v) is 12.2. The van der Waals surface area contributed by atoms with E-state index in [4.69, 9.17) is 10.5 Å². The SMILES string of the molecule is COc1ccc(S(=O)(=O)Nc2cccc(F)c2)cc1CN. The second-order valence-electron chi connectivity index (χ2n) is 4.29. The number of hydrogen-bond donors (Lipinski definition) is 2. The van der Waals surface area contributed by atoms with Crippen molar-refractivity contribution >= 4 is 15.7 Å². The summed E-state index contributed by atoms with van der Waals surface area (Å²) >= 11 is 0. The molecular formula is C14H15FN2O3S. The Bertz CT molecular complexity index is 748. The summed E-state index contributed by atoms with van der Waals surface area (Å²) in [6.07, 6.45) is 0. The van der Waals surface area contributed by atoms with Crippen LogP contribution >= 0.6 is 0 Å². The second-order valence-corrected chi connectivity index (χ2v) is 5.98. The Morgan fingerprint density at radius 2 is 2.00 bits per heavy atom. The molecule has 0 aromatic heterocycles. The fraction of sp³-hybridized carbons (Fsp3) is 0.143. The third kappa shape index (κ3) is 3.50. The number of ether oxygens (including phenoxy) is 1. The lowest BCUT2D eigenvalue weighted by Crippen LogP contribution is -2.14. The highest BCUT2D eigenvalue weighted by Gasteiger charge is 2.16. The van der Waals surface area contributed by atoms with E-state index < -0.39 is 15.8 Å². The van der Waals surface area contributed by atoms with Gasteiger partial charge in [0, 0.05) is 12.1 Å². The number of sulfonamides is 1. The second kappa shape index (κ2) is 6.11. The van der Waals surface area contributed by atoms with E-state index in [-0.39, 0.29) is 17.1 Å². The number of anilines is 1. The van der Waals surface area contributed by atoms with Crippen molar-refractivity contribution < 1.29 is 17.5 Å². The topological polar surface area (TPSA) is 81.4 Å². The van der Waals surface area contributed by atoms with Crippen LogP contribution in [0.2, 0.25) is 0 Å². The summed E-state index contributed by atoms with van der Waals surface area (Å²) in [6, 6.07) is 9.59. The van der Waals surface area contributed by atoms with Crippen molar-refractivity contribution in [2.24, 2.45) is 5.73 Å². The number of rotatable bonds is 5. The summed E-state index contributed by atoms with van der Waals surface area (Å²) in [5.41, 5.74) is 6.29. The van der Waals surface area contributed by atoms with E-state index in [0.29, 0.717) is 11.3 Å². The number of hydrogen-bond acceptors (Lipinski definition) is 4. The molecule has 3 N–H and O–H groups in total. The Balaban J connectivity index is 2.35. The average Bonchev–Trinajstić information content (AvgIpc) is 2.46. The van der Waals surface area contributed by atoms with Crippen LogP contribution in [0.3, 0.4) is 0 Å². The van der Waals surface area contributed by atoms with Gasteiger partial charge in [-0.05, 0) is 36.4 Å². The van der Waals surface area contributed by atoms with Gasteiger partial charge in [-0.2, -0.15) is 0 Å². The molecule has 2 aromatic rings. The first-order valence-electron chi connectivity index (χ1n) is 6.11. The Labute approximate surface area is 122 Å². The van der Waals surface area contributed by atoms with Crippen molar-refractivity contribution in [1.82, 2.24) is 0 Å². The maximum atomic E-state index is 13.1. The smallest absolute Gasteiger partial charge is 0.261 e. The molecule has 112 valence electrons. The maximum Gasteiger partial charge on any atom is 0.261 e. The van der Waals surface area contributed by atoms with Crippen molar-refractivity contribution in [2.45, 2.75) is 11.4 Å². The number of methoxy groups -OCH3 is 1. The van der Waals surface area contributed by atoms with Crippen LogP contribution in [0.5, 0.6) is 5.75 Å². The molecule has 0 unspecified atom stereocenters. The molecule has 0 bridgehead atoms. The summed E-state index contributed by atoms with van der Waals surface area (Å²) in [5, 5.41) is 0. The van der Waals surface area contributed by atoms with Crippen LogP contribution in [-0.2, 0) is 16.6 Å². The van der Waals surface area contributed by atoms with Gasteiger partial charge in [-0.25, -0.2) is 12.8 Å². The third-order valence-electron chi connectivity index (χ3n) is 2.86. The molecule has 0 aliphatic carbocycles. The highest BCUT2D eigenvalue weighted by Crippen LogP contribution is 2.23. The first-order chi connectivity index (χ1) is 9.96. The molecule has 0 aliphatic heterocycles. The number of benzene rings is 2. The van der Waals surface area contributed by atoms with Gasteiger partial charge < -0.3 is 10.5 Å². The van der Waals surface area contributed by atoms with Gasteiger partial charge in [0.1, 0.15) is 11.6 Å². The zero-order chi connectivity index (χ0) is 15.5. The molecule has 0 fully saturated rings. The number of nitrogens with one attached hydrogen (secondary N) is 1. The molecule has 0 atom stereocenters. The lowest BCUT2D eigenvalue weighted by Gasteiger charge is -2.11. The number of halogens is 1. The largest absolute Gasteiger partial charge is 0.496 e. The molecule has 0 aliphatic rings. The lowest BCUT2D eigenvalue weighted by molar-refractivity contribution is 0.409. The van der Waals surface area contributed by atoms with Gasteiger partial charge in [0.05, 0.1) is 17.7 Å². The Kier molecular flexibility index (Phi) is 4.44. The van der Waals surface area contributed by atoms with E-state index in [9.17, 15) is 12.8 Å². The summed E-state index contributed by atoms with van der Waals surface area (Å²) < 4.78 is 45.0. The molecule has 7 heteroatoms.